The molecule has 2 heterocycles. The zero-order chi connectivity index (χ0) is 12.0. The molecule has 1 saturated carbocycles. The van der Waals surface area contributed by atoms with Crippen LogP contribution in [0.15, 0.2) is 17.5 Å². The van der Waals surface area contributed by atoms with Gasteiger partial charge in [0.1, 0.15) is 0 Å². The van der Waals surface area contributed by atoms with Gasteiger partial charge in [-0.05, 0) is 23.3 Å². The summed E-state index contributed by atoms with van der Waals surface area (Å²) in [6.07, 6.45) is 0.453. The number of piperidine rings is 1. The number of aliphatic carboxylic acids is 1. The molecule has 1 N–H and O–H groups in total. The number of thiophene rings is 1. The molecule has 2 fully saturated rings. The first-order chi connectivity index (χ1) is 8.16. The van der Waals surface area contributed by atoms with Crippen molar-refractivity contribution in [3.63, 3.8) is 0 Å². The molecule has 1 aliphatic heterocycles. The molecule has 17 heavy (non-hydrogen) atoms. The van der Waals surface area contributed by atoms with Crippen molar-refractivity contribution in [2.45, 2.75) is 6.42 Å². The zero-order valence-electron chi connectivity index (χ0n) is 9.20. The van der Waals surface area contributed by atoms with Crippen molar-refractivity contribution in [1.29, 1.82) is 0 Å². The van der Waals surface area contributed by atoms with Crippen LogP contribution >= 0.6 is 11.3 Å². The van der Waals surface area contributed by atoms with Crippen molar-refractivity contribution in [3.05, 3.63) is 22.4 Å². The lowest BCUT2D eigenvalue weighted by Crippen LogP contribution is -2.33. The van der Waals surface area contributed by atoms with E-state index in [1.54, 1.807) is 11.3 Å². The number of hydrogen-bond acceptors (Lipinski definition) is 3. The third kappa shape index (κ3) is 1.84. The molecule has 0 bridgehead atoms. The Hall–Kier alpha value is -1.36. The molecule has 1 saturated heterocycles. The molecule has 0 radical (unpaired) electrons. The Morgan fingerprint density at radius 1 is 1.41 bits per heavy atom. The maximum absolute atomic E-state index is 11.9. The summed E-state index contributed by atoms with van der Waals surface area (Å²) in [5.74, 6) is -0.352. The predicted octanol–water partition coefficient (Wildman–Crippen LogP) is 1.08. The highest BCUT2D eigenvalue weighted by molar-refractivity contribution is 7.10. The lowest BCUT2D eigenvalue weighted by molar-refractivity contribution is -0.140. The van der Waals surface area contributed by atoms with Crippen LogP contribution in [0.3, 0.4) is 0 Å². The largest absolute Gasteiger partial charge is 0.481 e. The van der Waals surface area contributed by atoms with E-state index in [0.29, 0.717) is 19.5 Å². The quantitative estimate of drug-likeness (QED) is 0.874. The molecule has 1 aromatic heterocycles. The Kier molecular flexibility index (Phi) is 2.43. The first-order valence-electron chi connectivity index (χ1n) is 5.70. The van der Waals surface area contributed by atoms with Crippen LogP contribution in [0.1, 0.15) is 4.88 Å². The molecule has 0 spiro atoms. The number of rotatable bonds is 3. The van der Waals surface area contributed by atoms with E-state index >= 15 is 0 Å². The van der Waals surface area contributed by atoms with Gasteiger partial charge in [-0.2, -0.15) is 0 Å². The van der Waals surface area contributed by atoms with Gasteiger partial charge < -0.3 is 10.0 Å². The number of carboxylic acid groups (broad SMARTS) is 1. The van der Waals surface area contributed by atoms with Crippen molar-refractivity contribution in [3.8, 4) is 0 Å². The van der Waals surface area contributed by atoms with Crippen LogP contribution in [-0.2, 0) is 16.0 Å². The van der Waals surface area contributed by atoms with E-state index in [-0.39, 0.29) is 23.7 Å². The molecule has 3 rings (SSSR count). The topological polar surface area (TPSA) is 57.6 Å². The molecular weight excluding hydrogens is 238 g/mol. The average Bonchev–Trinajstić information content (AvgIpc) is 2.73. The second-order valence-electron chi connectivity index (χ2n) is 4.75. The van der Waals surface area contributed by atoms with Gasteiger partial charge in [0.05, 0.1) is 12.3 Å². The zero-order valence-corrected chi connectivity index (χ0v) is 10.0. The van der Waals surface area contributed by atoms with E-state index in [9.17, 15) is 9.59 Å². The van der Waals surface area contributed by atoms with Gasteiger partial charge in [-0.3, -0.25) is 9.59 Å². The van der Waals surface area contributed by atoms with Gasteiger partial charge in [0, 0.05) is 18.0 Å². The second kappa shape index (κ2) is 3.84. The normalized spacial score (nSPS) is 30.1. The van der Waals surface area contributed by atoms with E-state index in [4.69, 9.17) is 5.11 Å². The van der Waals surface area contributed by atoms with Gasteiger partial charge in [0.15, 0.2) is 0 Å². The van der Waals surface area contributed by atoms with Crippen LogP contribution in [0.2, 0.25) is 0 Å². The Morgan fingerprint density at radius 2 is 2.12 bits per heavy atom. The van der Waals surface area contributed by atoms with Crippen LogP contribution in [-0.4, -0.2) is 35.0 Å². The van der Waals surface area contributed by atoms with E-state index in [0.717, 1.165) is 4.88 Å². The lowest BCUT2D eigenvalue weighted by Gasteiger charge is -2.18. The van der Waals surface area contributed by atoms with E-state index < -0.39 is 5.97 Å². The van der Waals surface area contributed by atoms with Crippen molar-refractivity contribution in [2.24, 2.45) is 17.8 Å². The standard InChI is InChI=1S/C12H13NO3S/c14-10(4-7-2-1-3-17-7)13-5-8-9(6-13)11(8)12(15)16/h1-3,8-9,11H,4-6H2,(H,15,16)/t8-,9+,11?. The summed E-state index contributed by atoms with van der Waals surface area (Å²) in [6.45, 7) is 1.26. The van der Waals surface area contributed by atoms with Crippen LogP contribution in [0.4, 0.5) is 0 Å². The van der Waals surface area contributed by atoms with Crippen LogP contribution < -0.4 is 0 Å². The smallest absolute Gasteiger partial charge is 0.307 e. The fourth-order valence-corrected chi connectivity index (χ4v) is 3.47. The first kappa shape index (κ1) is 10.8. The number of hydrogen-bond donors (Lipinski definition) is 1. The minimum atomic E-state index is -0.703. The predicted molar refractivity (Wildman–Crippen MR) is 62.7 cm³/mol. The number of amides is 1. The monoisotopic (exact) mass is 251 g/mol. The number of carboxylic acids is 1. The average molecular weight is 251 g/mol. The third-order valence-corrected chi connectivity index (χ3v) is 4.61. The fourth-order valence-electron chi connectivity index (χ4n) is 2.77. The van der Waals surface area contributed by atoms with Crippen LogP contribution in [0, 0.1) is 17.8 Å². The molecule has 1 unspecified atom stereocenters. The van der Waals surface area contributed by atoms with Gasteiger partial charge >= 0.3 is 5.97 Å². The van der Waals surface area contributed by atoms with E-state index in [1.165, 1.54) is 0 Å². The van der Waals surface area contributed by atoms with Gasteiger partial charge in [0.25, 0.3) is 0 Å². The highest BCUT2D eigenvalue weighted by Gasteiger charge is 2.60. The molecule has 3 atom stereocenters. The highest BCUT2D eigenvalue weighted by atomic mass is 32.1. The van der Waals surface area contributed by atoms with Crippen molar-refractivity contribution in [2.75, 3.05) is 13.1 Å². The molecule has 2 aliphatic rings. The minimum absolute atomic E-state index is 0.129. The Morgan fingerprint density at radius 3 is 2.65 bits per heavy atom. The lowest BCUT2D eigenvalue weighted by atomic mass is 10.2. The maximum Gasteiger partial charge on any atom is 0.307 e. The molecule has 1 aliphatic carbocycles. The third-order valence-electron chi connectivity index (χ3n) is 3.74. The Balaban J connectivity index is 1.56. The van der Waals surface area contributed by atoms with Crippen LogP contribution in [0.25, 0.3) is 0 Å². The summed E-state index contributed by atoms with van der Waals surface area (Å²) in [5, 5.41) is 10.9. The van der Waals surface area contributed by atoms with Gasteiger partial charge in [-0.1, -0.05) is 6.07 Å². The van der Waals surface area contributed by atoms with E-state index in [2.05, 4.69) is 0 Å². The first-order valence-corrected chi connectivity index (χ1v) is 6.58. The molecule has 90 valence electrons. The summed E-state index contributed by atoms with van der Waals surface area (Å²) in [6, 6.07) is 3.90. The Bertz CT molecular complexity index is 444. The van der Waals surface area contributed by atoms with Crippen molar-refractivity contribution >= 4 is 23.2 Å². The van der Waals surface area contributed by atoms with Gasteiger partial charge in [-0.25, -0.2) is 0 Å². The molecule has 5 heteroatoms. The number of fused-ring (bicyclic) bond motifs is 1. The molecule has 1 amide bonds. The highest BCUT2D eigenvalue weighted by Crippen LogP contribution is 2.51. The molecular formula is C12H13NO3S. The number of likely N-dealkylation sites (tertiary alicyclic amines) is 1. The van der Waals surface area contributed by atoms with Crippen molar-refractivity contribution in [1.82, 2.24) is 4.90 Å². The molecule has 0 aromatic carbocycles. The van der Waals surface area contributed by atoms with Crippen molar-refractivity contribution < 1.29 is 14.7 Å². The number of nitrogens with zero attached hydrogens (tertiary/aromatic N) is 1. The van der Waals surface area contributed by atoms with Gasteiger partial charge in [-0.15, -0.1) is 11.3 Å². The van der Waals surface area contributed by atoms with E-state index in [1.807, 2.05) is 22.4 Å². The molecule has 4 nitrogen and oxygen atoms in total. The number of carbonyl (C=O) groups excluding carboxylic acids is 1. The van der Waals surface area contributed by atoms with Crippen LogP contribution in [0.5, 0.6) is 0 Å². The summed E-state index contributed by atoms with van der Waals surface area (Å²) in [7, 11) is 0. The maximum atomic E-state index is 11.9. The second-order valence-corrected chi connectivity index (χ2v) is 5.78. The minimum Gasteiger partial charge on any atom is -0.481 e. The summed E-state index contributed by atoms with van der Waals surface area (Å²) < 4.78 is 0. The fraction of sp³-hybridized carbons (Fsp3) is 0.500. The summed E-state index contributed by atoms with van der Waals surface area (Å²) in [4.78, 5) is 25.6. The van der Waals surface area contributed by atoms with Gasteiger partial charge in [0.2, 0.25) is 5.91 Å². The summed E-state index contributed by atoms with van der Waals surface area (Å²) in [5.41, 5.74) is 0. The SMILES string of the molecule is O=C(O)C1[C@H]2CN(C(=O)Cc3cccs3)C[C@@H]12. The number of carbonyl (C=O) groups is 2. The Labute approximate surface area is 103 Å². The molecule has 1 aromatic rings. The summed E-state index contributed by atoms with van der Waals surface area (Å²) >= 11 is 1.59.